The minimum absolute atomic E-state index is 0.0687. The molecule has 0 unspecified atom stereocenters. The van der Waals surface area contributed by atoms with Crippen LogP contribution in [0.4, 0.5) is 5.13 Å². The van der Waals surface area contributed by atoms with Crippen molar-refractivity contribution in [1.29, 1.82) is 0 Å². The van der Waals surface area contributed by atoms with Crippen LogP contribution in [0.1, 0.15) is 16.8 Å². The minimum Gasteiger partial charge on any atom is -0.481 e. The fraction of sp³-hybridized carbons (Fsp3) is 0.308. The Kier molecular flexibility index (Phi) is 3.06. The van der Waals surface area contributed by atoms with Crippen molar-refractivity contribution >= 4 is 38.6 Å². The molecule has 1 aromatic carbocycles. The van der Waals surface area contributed by atoms with Crippen LogP contribution in [-0.4, -0.2) is 40.0 Å². The average molecular weight is 291 g/mol. The number of nitrogen functional groups attached to an aromatic ring is 1. The van der Waals surface area contributed by atoms with Crippen LogP contribution < -0.4 is 5.73 Å². The number of likely N-dealkylation sites (tertiary alicyclic amines) is 1. The third-order valence-corrected chi connectivity index (χ3v) is 4.21. The summed E-state index contributed by atoms with van der Waals surface area (Å²) in [5, 5.41) is 9.17. The van der Waals surface area contributed by atoms with Gasteiger partial charge in [-0.3, -0.25) is 9.59 Å². The number of aliphatic carboxylic acids is 1. The van der Waals surface area contributed by atoms with Crippen molar-refractivity contribution in [2.24, 2.45) is 5.92 Å². The van der Waals surface area contributed by atoms with Crippen molar-refractivity contribution in [3.8, 4) is 0 Å². The zero-order valence-electron chi connectivity index (χ0n) is 10.6. The number of carbonyl (C=O) groups excluding carboxylic acids is 1. The number of nitrogens with two attached hydrogens (primary N) is 1. The molecule has 0 bridgehead atoms. The predicted octanol–water partition coefficient (Wildman–Crippen LogP) is 1.43. The van der Waals surface area contributed by atoms with Crippen molar-refractivity contribution in [2.75, 3.05) is 18.8 Å². The van der Waals surface area contributed by atoms with Crippen LogP contribution >= 0.6 is 11.3 Å². The first-order chi connectivity index (χ1) is 9.52. The highest BCUT2D eigenvalue weighted by atomic mass is 32.1. The second-order valence-electron chi connectivity index (χ2n) is 4.91. The Morgan fingerprint density at radius 2 is 2.20 bits per heavy atom. The normalized spacial score (nSPS) is 15.3. The summed E-state index contributed by atoms with van der Waals surface area (Å²) >= 11 is 1.35. The lowest BCUT2D eigenvalue weighted by molar-refractivity contribution is -0.139. The maximum atomic E-state index is 12.2. The molecule has 2 aromatic rings. The number of carbonyl (C=O) groups is 2. The molecule has 104 valence electrons. The number of anilines is 1. The van der Waals surface area contributed by atoms with Gasteiger partial charge in [0.2, 0.25) is 0 Å². The largest absolute Gasteiger partial charge is 0.481 e. The van der Waals surface area contributed by atoms with Gasteiger partial charge in [0, 0.05) is 24.6 Å². The van der Waals surface area contributed by atoms with Crippen LogP contribution in [0.15, 0.2) is 18.2 Å². The van der Waals surface area contributed by atoms with E-state index in [9.17, 15) is 9.59 Å². The Labute approximate surface area is 118 Å². The van der Waals surface area contributed by atoms with Gasteiger partial charge in [0.05, 0.1) is 16.6 Å². The first-order valence-electron chi connectivity index (χ1n) is 6.20. The van der Waals surface area contributed by atoms with Gasteiger partial charge in [0.25, 0.3) is 5.91 Å². The van der Waals surface area contributed by atoms with Gasteiger partial charge >= 0.3 is 5.97 Å². The van der Waals surface area contributed by atoms with Crippen LogP contribution in [0, 0.1) is 5.92 Å². The Morgan fingerprint density at radius 3 is 2.90 bits per heavy atom. The van der Waals surface area contributed by atoms with E-state index in [0.717, 1.165) is 10.2 Å². The number of hydrogen-bond acceptors (Lipinski definition) is 5. The molecule has 0 atom stereocenters. The Morgan fingerprint density at radius 1 is 1.45 bits per heavy atom. The highest BCUT2D eigenvalue weighted by Crippen LogP contribution is 2.27. The molecule has 0 aliphatic carbocycles. The Bertz CT molecular complexity index is 691. The zero-order valence-corrected chi connectivity index (χ0v) is 11.4. The van der Waals surface area contributed by atoms with Crippen molar-refractivity contribution in [3.05, 3.63) is 23.8 Å². The minimum atomic E-state index is -0.816. The van der Waals surface area contributed by atoms with Crippen molar-refractivity contribution in [1.82, 2.24) is 9.88 Å². The first-order valence-corrected chi connectivity index (χ1v) is 7.01. The lowest BCUT2D eigenvalue weighted by atomic mass is 9.95. The number of carboxylic acids is 1. The SMILES string of the molecule is Nc1nc2ccc(C(=O)N3CC(CC(=O)O)C3)cc2s1. The molecule has 1 aliphatic rings. The number of fused-ring (bicyclic) bond motifs is 1. The number of rotatable bonds is 3. The molecule has 1 aromatic heterocycles. The van der Waals surface area contributed by atoms with Gasteiger partial charge in [0.1, 0.15) is 0 Å². The van der Waals surface area contributed by atoms with Crippen LogP contribution in [0.2, 0.25) is 0 Å². The molecule has 2 heterocycles. The Hall–Kier alpha value is -2.15. The smallest absolute Gasteiger partial charge is 0.303 e. The molecule has 20 heavy (non-hydrogen) atoms. The lowest BCUT2D eigenvalue weighted by Crippen LogP contribution is -2.50. The molecule has 1 saturated heterocycles. The third-order valence-electron chi connectivity index (χ3n) is 3.36. The van der Waals surface area contributed by atoms with E-state index in [1.165, 1.54) is 11.3 Å². The molecule has 3 rings (SSSR count). The molecule has 3 N–H and O–H groups in total. The molecule has 1 aliphatic heterocycles. The number of hydrogen-bond donors (Lipinski definition) is 2. The van der Waals surface area contributed by atoms with Gasteiger partial charge in [-0.15, -0.1) is 0 Å². The number of benzene rings is 1. The summed E-state index contributed by atoms with van der Waals surface area (Å²) in [6.45, 7) is 1.02. The summed E-state index contributed by atoms with van der Waals surface area (Å²) in [5.74, 6) is -0.816. The zero-order chi connectivity index (χ0) is 14.3. The summed E-state index contributed by atoms with van der Waals surface area (Å²) in [7, 11) is 0. The fourth-order valence-corrected chi connectivity index (χ4v) is 3.14. The topological polar surface area (TPSA) is 96.5 Å². The maximum Gasteiger partial charge on any atom is 0.303 e. The average Bonchev–Trinajstić information content (AvgIpc) is 2.71. The number of nitrogens with zero attached hydrogens (tertiary/aromatic N) is 2. The van der Waals surface area contributed by atoms with E-state index < -0.39 is 5.97 Å². The van der Waals surface area contributed by atoms with Gasteiger partial charge in [0.15, 0.2) is 5.13 Å². The van der Waals surface area contributed by atoms with E-state index in [0.29, 0.717) is 23.8 Å². The summed E-state index contributed by atoms with van der Waals surface area (Å²) in [6.07, 6.45) is 0.119. The monoisotopic (exact) mass is 291 g/mol. The van der Waals surface area contributed by atoms with Crippen LogP contribution in [0.25, 0.3) is 10.2 Å². The second-order valence-corrected chi connectivity index (χ2v) is 5.97. The quantitative estimate of drug-likeness (QED) is 0.891. The molecule has 0 saturated carbocycles. The highest BCUT2D eigenvalue weighted by molar-refractivity contribution is 7.22. The van der Waals surface area contributed by atoms with Crippen molar-refractivity contribution in [2.45, 2.75) is 6.42 Å². The van der Waals surface area contributed by atoms with Gasteiger partial charge in [-0.1, -0.05) is 11.3 Å². The van der Waals surface area contributed by atoms with E-state index in [-0.39, 0.29) is 18.2 Å². The van der Waals surface area contributed by atoms with Crippen molar-refractivity contribution in [3.63, 3.8) is 0 Å². The molecule has 7 heteroatoms. The van der Waals surface area contributed by atoms with Gasteiger partial charge < -0.3 is 15.7 Å². The number of amides is 1. The number of carboxylic acid groups (broad SMARTS) is 1. The van der Waals surface area contributed by atoms with Crippen LogP contribution in [-0.2, 0) is 4.79 Å². The van der Waals surface area contributed by atoms with E-state index in [4.69, 9.17) is 10.8 Å². The first kappa shape index (κ1) is 12.9. The van der Waals surface area contributed by atoms with Gasteiger partial charge in [-0.2, -0.15) is 0 Å². The van der Waals surface area contributed by atoms with Crippen LogP contribution in [0.3, 0.4) is 0 Å². The molecule has 1 amide bonds. The van der Waals surface area contributed by atoms with E-state index >= 15 is 0 Å². The van der Waals surface area contributed by atoms with Gasteiger partial charge in [-0.05, 0) is 18.2 Å². The summed E-state index contributed by atoms with van der Waals surface area (Å²) in [6, 6.07) is 5.30. The van der Waals surface area contributed by atoms with Gasteiger partial charge in [-0.25, -0.2) is 4.98 Å². The Balaban J connectivity index is 1.72. The highest BCUT2D eigenvalue weighted by Gasteiger charge is 2.32. The molecular formula is C13H13N3O3S. The van der Waals surface area contributed by atoms with E-state index in [2.05, 4.69) is 4.98 Å². The molecular weight excluding hydrogens is 278 g/mol. The molecule has 1 fully saturated rings. The lowest BCUT2D eigenvalue weighted by Gasteiger charge is -2.38. The third kappa shape index (κ3) is 2.32. The van der Waals surface area contributed by atoms with E-state index in [1.807, 2.05) is 0 Å². The summed E-state index contributed by atoms with van der Waals surface area (Å²) in [5.41, 5.74) is 7.02. The predicted molar refractivity (Wildman–Crippen MR) is 75.7 cm³/mol. The number of thiazole rings is 1. The fourth-order valence-electron chi connectivity index (χ4n) is 2.37. The second kappa shape index (κ2) is 4.75. The molecule has 6 nitrogen and oxygen atoms in total. The summed E-state index contributed by atoms with van der Waals surface area (Å²) < 4.78 is 0.885. The standard InChI is InChI=1S/C13H13N3O3S/c14-13-15-9-2-1-8(4-10(9)20-13)12(19)16-5-7(6-16)3-11(17)18/h1-2,4,7H,3,5-6H2,(H2,14,15)(H,17,18). The maximum absolute atomic E-state index is 12.2. The number of aromatic nitrogens is 1. The van der Waals surface area contributed by atoms with Crippen molar-refractivity contribution < 1.29 is 14.7 Å². The molecule has 0 radical (unpaired) electrons. The van der Waals surface area contributed by atoms with E-state index in [1.54, 1.807) is 23.1 Å². The van der Waals surface area contributed by atoms with Crippen LogP contribution in [0.5, 0.6) is 0 Å². The molecule has 0 spiro atoms. The summed E-state index contributed by atoms with van der Waals surface area (Å²) in [4.78, 5) is 28.6.